The molecule has 0 amide bonds. The summed E-state index contributed by atoms with van der Waals surface area (Å²) in [6.45, 7) is 19.6. The van der Waals surface area contributed by atoms with Crippen molar-refractivity contribution in [2.75, 3.05) is 0 Å². The first-order valence-electron chi connectivity index (χ1n) is 19.1. The smallest absolute Gasteiger partial charge is 0.309 e. The van der Waals surface area contributed by atoms with E-state index in [0.717, 1.165) is 56.9 Å². The Morgan fingerprint density at radius 3 is 2.31 bits per heavy atom. The van der Waals surface area contributed by atoms with Crippen LogP contribution in [0, 0.1) is 50.7 Å². The van der Waals surface area contributed by atoms with E-state index in [1.54, 1.807) is 32.3 Å². The van der Waals surface area contributed by atoms with E-state index in [1.807, 2.05) is 0 Å². The molecule has 10 nitrogen and oxygen atoms in total. The van der Waals surface area contributed by atoms with Gasteiger partial charge in [0.25, 0.3) is 5.89 Å². The lowest BCUT2D eigenvalue weighted by Crippen LogP contribution is -2.66. The molecule has 10 heteroatoms. The number of hydrogen-bond donors (Lipinski definition) is 1. The molecule has 5 aliphatic rings. The van der Waals surface area contributed by atoms with Gasteiger partial charge in [0, 0.05) is 24.2 Å². The summed E-state index contributed by atoms with van der Waals surface area (Å²) in [7, 11) is 0. The summed E-state index contributed by atoms with van der Waals surface area (Å²) in [5, 5.41) is 18.6. The first-order valence-corrected chi connectivity index (χ1v) is 19.1. The molecule has 0 saturated heterocycles. The molecule has 2 aromatic heterocycles. The molecule has 5 aliphatic carbocycles. The molecular weight excluding hydrogens is 644 g/mol. The van der Waals surface area contributed by atoms with Crippen LogP contribution in [0.4, 0.5) is 0 Å². The van der Waals surface area contributed by atoms with Gasteiger partial charge < -0.3 is 14.3 Å². The summed E-state index contributed by atoms with van der Waals surface area (Å²) in [5.41, 5.74) is 0.265. The number of ether oxygens (including phenoxy) is 1. The summed E-state index contributed by atoms with van der Waals surface area (Å²) in [5.74, 6) is 1.15. The predicted molar refractivity (Wildman–Crippen MR) is 190 cm³/mol. The lowest BCUT2D eigenvalue weighted by molar-refractivity contribution is -0.232. The van der Waals surface area contributed by atoms with E-state index >= 15 is 0 Å². The third-order valence-corrected chi connectivity index (χ3v) is 15.4. The van der Waals surface area contributed by atoms with E-state index in [0.29, 0.717) is 30.0 Å². The third kappa shape index (κ3) is 5.11. The average molecular weight is 701 g/mol. The van der Waals surface area contributed by atoms with Crippen molar-refractivity contribution in [1.82, 2.24) is 20.2 Å². The fourth-order valence-corrected chi connectivity index (χ4v) is 12.6. The van der Waals surface area contributed by atoms with Crippen LogP contribution in [0.2, 0.25) is 0 Å². The molecule has 8 atom stereocenters. The van der Waals surface area contributed by atoms with Gasteiger partial charge in [0.2, 0.25) is 11.7 Å². The SMILES string of the molecule is CC(C)C1=C2[C@H]3CCC4[C@@]5(C)CC[C@H](OC(=O)CC(C)(C)C(=O)O)C(C)(C)C5CC[C@@]4(C)[C@]3(C)CC[C@@]2(c2nnc(-c3ncccn3)o2)CC1=O. The van der Waals surface area contributed by atoms with E-state index in [4.69, 9.17) is 9.15 Å². The minimum absolute atomic E-state index is 0.0330. The van der Waals surface area contributed by atoms with Gasteiger partial charge in [-0.15, -0.1) is 10.2 Å². The summed E-state index contributed by atoms with van der Waals surface area (Å²) in [4.78, 5) is 47.6. The number of carbonyl (C=O) groups excluding carboxylic acids is 2. The van der Waals surface area contributed by atoms with Gasteiger partial charge in [-0.3, -0.25) is 14.4 Å². The normalized spacial score (nSPS) is 37.3. The Labute approximate surface area is 302 Å². The first-order chi connectivity index (χ1) is 23.8. The van der Waals surface area contributed by atoms with Crippen LogP contribution in [-0.2, 0) is 24.5 Å². The number of aliphatic carboxylic acids is 1. The Bertz CT molecular complexity index is 1780. The molecule has 1 N–H and O–H groups in total. The zero-order valence-electron chi connectivity index (χ0n) is 32.0. The molecular formula is C41H56N4O6. The van der Waals surface area contributed by atoms with Crippen LogP contribution in [0.3, 0.4) is 0 Å². The fraction of sp³-hybridized carbons (Fsp3) is 0.732. The molecule has 0 aromatic carbocycles. The van der Waals surface area contributed by atoms with Gasteiger partial charge in [-0.05, 0) is 122 Å². The number of hydrogen-bond acceptors (Lipinski definition) is 9. The Balaban J connectivity index is 1.21. The number of aromatic nitrogens is 4. The highest BCUT2D eigenvalue weighted by molar-refractivity contribution is 6.01. The Kier molecular flexibility index (Phi) is 8.31. The molecule has 2 unspecified atom stereocenters. The fourth-order valence-electron chi connectivity index (χ4n) is 12.6. The number of ketones is 1. The molecule has 0 spiro atoms. The molecule has 2 heterocycles. The monoisotopic (exact) mass is 700 g/mol. The molecule has 4 saturated carbocycles. The Hall–Kier alpha value is -3.43. The van der Waals surface area contributed by atoms with Crippen LogP contribution in [-0.4, -0.2) is 49.1 Å². The van der Waals surface area contributed by atoms with E-state index in [9.17, 15) is 19.5 Å². The quantitative estimate of drug-likeness (QED) is 0.281. The predicted octanol–water partition coefficient (Wildman–Crippen LogP) is 8.17. The van der Waals surface area contributed by atoms with Crippen molar-refractivity contribution in [2.45, 2.75) is 138 Å². The number of esters is 1. The maximum Gasteiger partial charge on any atom is 0.309 e. The van der Waals surface area contributed by atoms with Gasteiger partial charge in [0.1, 0.15) is 6.10 Å². The first kappa shape index (κ1) is 36.0. The molecule has 4 fully saturated rings. The second-order valence-corrected chi connectivity index (χ2v) is 19.0. The average Bonchev–Trinajstić information content (AvgIpc) is 3.67. The minimum Gasteiger partial charge on any atom is -0.481 e. The lowest BCUT2D eigenvalue weighted by atomic mass is 9.33. The molecule has 0 aliphatic heterocycles. The molecule has 2 aromatic rings. The number of carbonyl (C=O) groups is 3. The Morgan fingerprint density at radius 2 is 1.65 bits per heavy atom. The number of carboxylic acids is 1. The van der Waals surface area contributed by atoms with Gasteiger partial charge in [0.15, 0.2) is 5.78 Å². The highest BCUT2D eigenvalue weighted by Gasteiger charge is 2.71. The van der Waals surface area contributed by atoms with Crippen molar-refractivity contribution in [3.8, 4) is 11.7 Å². The maximum absolute atomic E-state index is 14.1. The highest BCUT2D eigenvalue weighted by atomic mass is 16.5. The van der Waals surface area contributed by atoms with Gasteiger partial charge in [-0.25, -0.2) is 9.97 Å². The van der Waals surface area contributed by atoms with E-state index in [2.05, 4.69) is 68.6 Å². The molecule has 276 valence electrons. The zero-order valence-corrected chi connectivity index (χ0v) is 32.0. The van der Waals surface area contributed by atoms with Crippen molar-refractivity contribution in [2.24, 2.45) is 50.7 Å². The van der Waals surface area contributed by atoms with Crippen LogP contribution in [0.25, 0.3) is 11.7 Å². The number of fused-ring (bicyclic) bond motifs is 7. The Morgan fingerprint density at radius 1 is 0.941 bits per heavy atom. The van der Waals surface area contributed by atoms with Crippen LogP contribution in [0.15, 0.2) is 34.0 Å². The number of carboxylic acid groups (broad SMARTS) is 1. The van der Waals surface area contributed by atoms with Gasteiger partial charge in [-0.2, -0.15) is 0 Å². The van der Waals surface area contributed by atoms with Crippen LogP contribution in [0.5, 0.6) is 0 Å². The summed E-state index contributed by atoms with van der Waals surface area (Å²) < 4.78 is 12.6. The van der Waals surface area contributed by atoms with E-state index < -0.39 is 22.8 Å². The van der Waals surface area contributed by atoms with E-state index in [-0.39, 0.29) is 57.7 Å². The van der Waals surface area contributed by atoms with Gasteiger partial charge in [0.05, 0.1) is 17.3 Å². The van der Waals surface area contributed by atoms with Gasteiger partial charge in [-0.1, -0.05) is 48.5 Å². The second-order valence-electron chi connectivity index (χ2n) is 19.0. The van der Waals surface area contributed by atoms with Crippen molar-refractivity contribution in [1.29, 1.82) is 0 Å². The topological polar surface area (TPSA) is 145 Å². The maximum atomic E-state index is 14.1. The van der Waals surface area contributed by atoms with Crippen LogP contribution < -0.4 is 0 Å². The molecule has 0 radical (unpaired) electrons. The summed E-state index contributed by atoms with van der Waals surface area (Å²) in [6, 6.07) is 1.75. The lowest BCUT2D eigenvalue weighted by Gasteiger charge is -2.72. The van der Waals surface area contributed by atoms with Crippen LogP contribution >= 0.6 is 0 Å². The standard InChI is InChI=1S/C41H56N4O6/c1-23(2)30-25(46)21-41(34-45-44-33(51-34)32-42-19-10-20-43-32)18-17-39(8)24(31(30)41)11-12-27-38(7)15-14-28(50-29(47)22-36(3,4)35(48)49)37(5,6)26(38)13-16-40(27,39)9/h10,19-20,23-24,26-28H,11-18,21-22H2,1-9H3,(H,48,49)/t24-,26?,27?,28+,38+,39-,40-,41-/m1/s1. The van der Waals surface area contributed by atoms with Gasteiger partial charge >= 0.3 is 11.9 Å². The molecule has 51 heavy (non-hydrogen) atoms. The molecule has 0 bridgehead atoms. The van der Waals surface area contributed by atoms with Crippen molar-refractivity contribution in [3.63, 3.8) is 0 Å². The zero-order chi connectivity index (χ0) is 36.9. The second kappa shape index (κ2) is 11.8. The molecule has 7 rings (SSSR count). The minimum atomic E-state index is -1.17. The number of nitrogens with zero attached hydrogens (tertiary/aromatic N) is 4. The van der Waals surface area contributed by atoms with Crippen molar-refractivity contribution in [3.05, 3.63) is 35.5 Å². The summed E-state index contributed by atoms with van der Waals surface area (Å²) >= 11 is 0. The number of Topliss-reactive ketones (excluding diaryl/α,β-unsaturated/α-hetero) is 1. The highest BCUT2D eigenvalue weighted by Crippen LogP contribution is 2.76. The van der Waals surface area contributed by atoms with Crippen LogP contribution in [0.1, 0.15) is 132 Å². The largest absolute Gasteiger partial charge is 0.481 e. The van der Waals surface area contributed by atoms with Crippen molar-refractivity contribution < 1.29 is 28.6 Å². The van der Waals surface area contributed by atoms with Crippen molar-refractivity contribution >= 4 is 17.7 Å². The number of rotatable bonds is 7. The number of allylic oxidation sites excluding steroid dienone is 2. The van der Waals surface area contributed by atoms with E-state index in [1.165, 1.54) is 5.57 Å². The third-order valence-electron chi connectivity index (χ3n) is 15.4. The summed E-state index contributed by atoms with van der Waals surface area (Å²) in [6.07, 6.45) is 11.0.